The third-order valence-corrected chi connectivity index (χ3v) is 2.73. The molecule has 0 saturated carbocycles. The Morgan fingerprint density at radius 2 is 2.43 bits per heavy atom. The third kappa shape index (κ3) is 2.04. The van der Waals surface area contributed by atoms with Gasteiger partial charge < -0.3 is 5.32 Å². The number of halogens is 1. The topological polar surface area (TPSA) is 46.9 Å². The number of nitrogens with zero attached hydrogens (tertiary/aromatic N) is 2. The second-order valence-corrected chi connectivity index (χ2v) is 3.89. The van der Waals surface area contributed by atoms with Gasteiger partial charge in [0.05, 0.1) is 16.7 Å². The Morgan fingerprint density at radius 1 is 1.79 bits per heavy atom. The number of rotatable bonds is 4. The van der Waals surface area contributed by atoms with E-state index >= 15 is 0 Å². The Balaban J connectivity index is 3.04. The Bertz CT molecular complexity index is 335. The Morgan fingerprint density at radius 3 is 2.93 bits per heavy atom. The fourth-order valence-corrected chi connectivity index (χ4v) is 1.68. The predicted octanol–water partition coefficient (Wildman–Crippen LogP) is 1.46. The van der Waals surface area contributed by atoms with Gasteiger partial charge in [-0.25, -0.2) is 0 Å². The number of aryl methyl sites for hydroxylation is 1. The molecule has 78 valence electrons. The minimum atomic E-state index is -0.187. The molecule has 0 aliphatic carbocycles. The van der Waals surface area contributed by atoms with Crippen LogP contribution in [0.2, 0.25) is 0 Å². The first-order chi connectivity index (χ1) is 6.61. The molecule has 0 aliphatic heterocycles. The lowest BCUT2D eigenvalue weighted by Crippen LogP contribution is -2.32. The highest BCUT2D eigenvalue weighted by Crippen LogP contribution is 2.17. The average Bonchev–Trinajstić information content (AvgIpc) is 2.57. The van der Waals surface area contributed by atoms with Gasteiger partial charge in [-0.1, -0.05) is 0 Å². The molecule has 1 heterocycles. The van der Waals surface area contributed by atoms with Crippen LogP contribution < -0.4 is 5.32 Å². The molecule has 1 rings (SSSR count). The van der Waals surface area contributed by atoms with Crippen molar-refractivity contribution in [2.75, 3.05) is 7.05 Å². The Kier molecular flexibility index (Phi) is 3.83. The van der Waals surface area contributed by atoms with Crippen molar-refractivity contribution in [3.8, 4) is 0 Å². The third-order valence-electron chi connectivity index (χ3n) is 2.15. The summed E-state index contributed by atoms with van der Waals surface area (Å²) in [5.74, 6) is 0.0544. The van der Waals surface area contributed by atoms with E-state index in [9.17, 15) is 4.79 Å². The van der Waals surface area contributed by atoms with E-state index in [4.69, 9.17) is 0 Å². The summed E-state index contributed by atoms with van der Waals surface area (Å²) in [7, 11) is 1.77. The Labute approximate surface area is 91.8 Å². The second-order valence-electron chi connectivity index (χ2n) is 3.03. The van der Waals surface area contributed by atoms with Crippen LogP contribution in [-0.2, 0) is 6.54 Å². The lowest BCUT2D eigenvalue weighted by atomic mass is 10.1. The molecule has 1 aromatic heterocycles. The maximum absolute atomic E-state index is 11.9. The van der Waals surface area contributed by atoms with Crippen LogP contribution in [0.5, 0.6) is 0 Å². The van der Waals surface area contributed by atoms with Crippen molar-refractivity contribution in [3.05, 3.63) is 16.4 Å². The summed E-state index contributed by atoms with van der Waals surface area (Å²) in [5, 5.41) is 7.01. The first-order valence-electron chi connectivity index (χ1n) is 4.54. The number of ketones is 1. The minimum Gasteiger partial charge on any atom is -0.310 e. The van der Waals surface area contributed by atoms with Crippen LogP contribution in [-0.4, -0.2) is 28.7 Å². The molecule has 1 atom stereocenters. The number of nitrogens with one attached hydrogen (secondary N) is 1. The smallest absolute Gasteiger partial charge is 0.198 e. The zero-order valence-electron chi connectivity index (χ0n) is 8.54. The van der Waals surface area contributed by atoms with Crippen molar-refractivity contribution in [2.24, 2.45) is 0 Å². The number of carbonyl (C=O) groups is 1. The van der Waals surface area contributed by atoms with Crippen molar-refractivity contribution in [1.82, 2.24) is 15.1 Å². The van der Waals surface area contributed by atoms with Crippen molar-refractivity contribution >= 4 is 21.7 Å². The normalized spacial score (nSPS) is 12.9. The maximum atomic E-state index is 11.9. The molecule has 0 aromatic carbocycles. The van der Waals surface area contributed by atoms with E-state index in [1.165, 1.54) is 0 Å². The average molecular weight is 260 g/mol. The van der Waals surface area contributed by atoms with Crippen molar-refractivity contribution in [1.29, 1.82) is 0 Å². The van der Waals surface area contributed by atoms with Crippen LogP contribution in [0.15, 0.2) is 10.7 Å². The number of aromatic nitrogens is 2. The van der Waals surface area contributed by atoms with E-state index in [1.807, 2.05) is 13.8 Å². The van der Waals surface area contributed by atoms with Gasteiger partial charge >= 0.3 is 0 Å². The van der Waals surface area contributed by atoms with Gasteiger partial charge in [-0.15, -0.1) is 0 Å². The highest BCUT2D eigenvalue weighted by molar-refractivity contribution is 9.10. The summed E-state index contributed by atoms with van der Waals surface area (Å²) in [6.45, 7) is 4.49. The van der Waals surface area contributed by atoms with Gasteiger partial charge in [0.15, 0.2) is 5.78 Å². The van der Waals surface area contributed by atoms with Gasteiger partial charge in [0.1, 0.15) is 5.69 Å². The molecule has 14 heavy (non-hydrogen) atoms. The standard InChI is InChI=1S/C9H14BrN3O/c1-4-13-8(7(10)5-12-13)9(14)6(2)11-3/h5-6,11H,4H2,1-3H3. The number of hydrogen-bond acceptors (Lipinski definition) is 3. The molecule has 1 N–H and O–H groups in total. The van der Waals surface area contributed by atoms with Crippen LogP contribution >= 0.6 is 15.9 Å². The molecule has 1 unspecified atom stereocenters. The summed E-state index contributed by atoms with van der Waals surface area (Å²) in [6.07, 6.45) is 1.65. The quantitative estimate of drug-likeness (QED) is 0.833. The molecule has 5 heteroatoms. The van der Waals surface area contributed by atoms with Crippen LogP contribution in [0.25, 0.3) is 0 Å². The molecular formula is C9H14BrN3O. The minimum absolute atomic E-state index is 0.0544. The van der Waals surface area contributed by atoms with E-state index in [-0.39, 0.29) is 11.8 Å². The molecule has 0 aliphatic rings. The molecule has 0 amide bonds. The summed E-state index contributed by atoms with van der Waals surface area (Å²) in [4.78, 5) is 11.9. The largest absolute Gasteiger partial charge is 0.310 e. The maximum Gasteiger partial charge on any atom is 0.198 e. The molecule has 1 aromatic rings. The summed E-state index contributed by atoms with van der Waals surface area (Å²) < 4.78 is 2.45. The molecule has 0 saturated heterocycles. The molecule has 0 bridgehead atoms. The van der Waals surface area contributed by atoms with Gasteiger partial charge in [-0.05, 0) is 36.8 Å². The molecule has 0 radical (unpaired) electrons. The van der Waals surface area contributed by atoms with Gasteiger partial charge in [0.2, 0.25) is 0 Å². The van der Waals surface area contributed by atoms with Crippen LogP contribution in [0, 0.1) is 0 Å². The lowest BCUT2D eigenvalue weighted by molar-refractivity contribution is 0.0943. The highest BCUT2D eigenvalue weighted by Gasteiger charge is 2.20. The first kappa shape index (κ1) is 11.4. The zero-order valence-corrected chi connectivity index (χ0v) is 10.1. The fourth-order valence-electron chi connectivity index (χ4n) is 1.18. The number of hydrogen-bond donors (Lipinski definition) is 1. The fraction of sp³-hybridized carbons (Fsp3) is 0.556. The summed E-state index contributed by atoms with van der Waals surface area (Å²) >= 11 is 3.32. The summed E-state index contributed by atoms with van der Waals surface area (Å²) in [5.41, 5.74) is 0.634. The van der Waals surface area contributed by atoms with E-state index in [0.717, 1.165) is 4.47 Å². The number of likely N-dealkylation sites (N-methyl/N-ethyl adjacent to an activating group) is 1. The van der Waals surface area contributed by atoms with Gasteiger partial charge in [0, 0.05) is 6.54 Å². The van der Waals surface area contributed by atoms with Crippen molar-refractivity contribution in [2.45, 2.75) is 26.4 Å². The van der Waals surface area contributed by atoms with E-state index in [1.54, 1.807) is 17.9 Å². The molecule has 0 spiro atoms. The summed E-state index contributed by atoms with van der Waals surface area (Å²) in [6, 6.07) is -0.187. The van der Waals surface area contributed by atoms with Crippen LogP contribution in [0.4, 0.5) is 0 Å². The predicted molar refractivity (Wildman–Crippen MR) is 58.5 cm³/mol. The first-order valence-corrected chi connectivity index (χ1v) is 5.33. The van der Waals surface area contributed by atoms with E-state index in [2.05, 4.69) is 26.3 Å². The highest BCUT2D eigenvalue weighted by atomic mass is 79.9. The number of carbonyl (C=O) groups excluding carboxylic acids is 1. The van der Waals surface area contributed by atoms with Crippen molar-refractivity contribution < 1.29 is 4.79 Å². The van der Waals surface area contributed by atoms with Gasteiger partial charge in [-0.3, -0.25) is 9.48 Å². The Hall–Kier alpha value is -0.680. The van der Waals surface area contributed by atoms with Gasteiger partial charge in [0.25, 0.3) is 0 Å². The van der Waals surface area contributed by atoms with E-state index in [0.29, 0.717) is 12.2 Å². The zero-order chi connectivity index (χ0) is 10.7. The van der Waals surface area contributed by atoms with Crippen LogP contribution in [0.1, 0.15) is 24.3 Å². The molecule has 0 fully saturated rings. The van der Waals surface area contributed by atoms with Crippen LogP contribution in [0.3, 0.4) is 0 Å². The van der Waals surface area contributed by atoms with Crippen molar-refractivity contribution in [3.63, 3.8) is 0 Å². The number of Topliss-reactive ketones (excluding diaryl/α,β-unsaturated/α-hetero) is 1. The molecule has 4 nitrogen and oxygen atoms in total. The lowest BCUT2D eigenvalue weighted by Gasteiger charge is -2.10. The second kappa shape index (κ2) is 4.70. The molecular weight excluding hydrogens is 246 g/mol. The SMILES string of the molecule is CCn1ncc(Br)c1C(=O)C(C)NC. The van der Waals surface area contributed by atoms with E-state index < -0.39 is 0 Å². The monoisotopic (exact) mass is 259 g/mol. The van der Waals surface area contributed by atoms with Gasteiger partial charge in [-0.2, -0.15) is 5.10 Å².